The molecule has 0 heterocycles. The van der Waals surface area contributed by atoms with E-state index in [0.29, 0.717) is 4.31 Å². The number of rotatable bonds is 6. The SMILES string of the molecule is C=CCN(C(=O)OC(C)(C)C)S(=O)(=O)CC(=O)OC(C)C. The standard InChI is InChI=1S/C13H23NO6S/c1-7-8-14(12(16)20-13(4,5)6)21(17,18)9-11(15)19-10(2)3/h7,10H,1,8-9H2,2-6H3. The minimum absolute atomic E-state index is 0.286. The third-order valence-electron chi connectivity index (χ3n) is 1.90. The minimum Gasteiger partial charge on any atom is -0.462 e. The number of amides is 1. The maximum Gasteiger partial charge on any atom is 0.424 e. The molecular weight excluding hydrogens is 298 g/mol. The Morgan fingerprint density at radius 2 is 1.81 bits per heavy atom. The summed E-state index contributed by atoms with van der Waals surface area (Å²) in [6.07, 6.45) is -0.267. The van der Waals surface area contributed by atoms with E-state index in [1.165, 1.54) is 6.08 Å². The highest BCUT2D eigenvalue weighted by Crippen LogP contribution is 2.13. The van der Waals surface area contributed by atoms with Crippen molar-refractivity contribution in [2.24, 2.45) is 0 Å². The van der Waals surface area contributed by atoms with Gasteiger partial charge in [-0.3, -0.25) is 4.79 Å². The maximum atomic E-state index is 12.1. The number of hydrogen-bond donors (Lipinski definition) is 0. The molecule has 0 aliphatic rings. The molecule has 7 nitrogen and oxygen atoms in total. The second-order valence-electron chi connectivity index (χ2n) is 5.59. The smallest absolute Gasteiger partial charge is 0.424 e. The van der Waals surface area contributed by atoms with Crippen LogP contribution in [-0.2, 0) is 24.3 Å². The fourth-order valence-corrected chi connectivity index (χ4v) is 2.37. The molecule has 0 aliphatic heterocycles. The van der Waals surface area contributed by atoms with Gasteiger partial charge in [0.2, 0.25) is 0 Å². The van der Waals surface area contributed by atoms with Crippen molar-refractivity contribution in [1.29, 1.82) is 0 Å². The summed E-state index contributed by atoms with van der Waals surface area (Å²) in [6.45, 7) is 11.1. The third-order valence-corrected chi connectivity index (χ3v) is 3.47. The van der Waals surface area contributed by atoms with E-state index < -0.39 is 39.5 Å². The third kappa shape index (κ3) is 7.69. The van der Waals surface area contributed by atoms with Gasteiger partial charge in [-0.25, -0.2) is 13.2 Å². The van der Waals surface area contributed by atoms with Crippen LogP contribution in [0.1, 0.15) is 34.6 Å². The zero-order chi connectivity index (χ0) is 16.8. The van der Waals surface area contributed by atoms with Crippen molar-refractivity contribution in [1.82, 2.24) is 4.31 Å². The summed E-state index contributed by atoms with van der Waals surface area (Å²) < 4.78 is 34.5. The summed E-state index contributed by atoms with van der Waals surface area (Å²) in [7, 11) is -4.19. The fraction of sp³-hybridized carbons (Fsp3) is 0.692. The van der Waals surface area contributed by atoms with E-state index >= 15 is 0 Å². The molecule has 0 spiro atoms. The Kier molecular flexibility index (Phi) is 6.89. The largest absolute Gasteiger partial charge is 0.462 e. The average Bonchev–Trinajstić information content (AvgIpc) is 2.20. The van der Waals surface area contributed by atoms with Gasteiger partial charge in [-0.2, -0.15) is 4.31 Å². The average molecular weight is 321 g/mol. The van der Waals surface area contributed by atoms with E-state index in [2.05, 4.69) is 6.58 Å². The van der Waals surface area contributed by atoms with Crippen LogP contribution in [-0.4, -0.2) is 48.8 Å². The van der Waals surface area contributed by atoms with Crippen LogP contribution in [0, 0.1) is 0 Å². The molecule has 0 N–H and O–H groups in total. The van der Waals surface area contributed by atoms with Gasteiger partial charge in [0.05, 0.1) is 12.6 Å². The van der Waals surface area contributed by atoms with E-state index in [9.17, 15) is 18.0 Å². The molecule has 8 heteroatoms. The minimum atomic E-state index is -4.19. The van der Waals surface area contributed by atoms with Crippen molar-refractivity contribution in [2.45, 2.75) is 46.3 Å². The molecule has 122 valence electrons. The van der Waals surface area contributed by atoms with Crippen molar-refractivity contribution < 1.29 is 27.5 Å². The molecule has 0 aromatic rings. The topological polar surface area (TPSA) is 90.0 Å². The van der Waals surface area contributed by atoms with Crippen molar-refractivity contribution in [3.8, 4) is 0 Å². The molecule has 0 aromatic carbocycles. The Morgan fingerprint density at radius 3 is 2.19 bits per heavy atom. The molecule has 0 saturated heterocycles. The summed E-state index contributed by atoms with van der Waals surface area (Å²) in [6, 6.07) is 0. The molecule has 0 fully saturated rings. The molecular formula is C13H23NO6S. The molecule has 0 rings (SSSR count). The maximum absolute atomic E-state index is 12.1. The Morgan fingerprint density at radius 1 is 1.29 bits per heavy atom. The monoisotopic (exact) mass is 321 g/mol. The summed E-state index contributed by atoms with van der Waals surface area (Å²) in [4.78, 5) is 23.4. The van der Waals surface area contributed by atoms with E-state index in [1.54, 1.807) is 34.6 Å². The molecule has 1 amide bonds. The Balaban J connectivity index is 5.12. The molecule has 21 heavy (non-hydrogen) atoms. The van der Waals surface area contributed by atoms with Crippen LogP contribution in [0.5, 0.6) is 0 Å². The summed E-state index contributed by atoms with van der Waals surface area (Å²) in [5, 5.41) is 0. The second-order valence-corrected chi connectivity index (χ2v) is 7.49. The Labute approximate surface area is 125 Å². The van der Waals surface area contributed by atoms with Crippen molar-refractivity contribution >= 4 is 22.1 Å². The highest BCUT2D eigenvalue weighted by atomic mass is 32.2. The molecule has 0 bridgehead atoms. The number of hydrogen-bond acceptors (Lipinski definition) is 6. The number of ether oxygens (including phenoxy) is 2. The van der Waals surface area contributed by atoms with Crippen LogP contribution in [0.15, 0.2) is 12.7 Å². The molecule has 0 unspecified atom stereocenters. The van der Waals surface area contributed by atoms with Gasteiger partial charge in [-0.05, 0) is 34.6 Å². The number of nitrogens with zero attached hydrogens (tertiary/aromatic N) is 1. The van der Waals surface area contributed by atoms with Gasteiger partial charge in [-0.1, -0.05) is 6.08 Å². The lowest BCUT2D eigenvalue weighted by atomic mass is 10.2. The fourth-order valence-electron chi connectivity index (χ4n) is 1.26. The van der Waals surface area contributed by atoms with Crippen molar-refractivity contribution in [3.05, 3.63) is 12.7 Å². The van der Waals surface area contributed by atoms with Gasteiger partial charge in [0.1, 0.15) is 5.60 Å². The predicted molar refractivity (Wildman–Crippen MR) is 78.2 cm³/mol. The molecule has 0 saturated carbocycles. The summed E-state index contributed by atoms with van der Waals surface area (Å²) in [5.74, 6) is -1.86. The van der Waals surface area contributed by atoms with E-state index in [4.69, 9.17) is 9.47 Å². The highest BCUT2D eigenvalue weighted by Gasteiger charge is 2.33. The Hall–Kier alpha value is -1.57. The van der Waals surface area contributed by atoms with Crippen molar-refractivity contribution in [3.63, 3.8) is 0 Å². The number of sulfonamides is 1. The first-order valence-electron chi connectivity index (χ1n) is 6.43. The van der Waals surface area contributed by atoms with Crippen LogP contribution < -0.4 is 0 Å². The quantitative estimate of drug-likeness (QED) is 0.546. The molecule has 0 aromatic heterocycles. The normalized spacial score (nSPS) is 11.9. The van der Waals surface area contributed by atoms with Crippen LogP contribution in [0.2, 0.25) is 0 Å². The molecule has 0 atom stereocenters. The molecule has 0 radical (unpaired) electrons. The lowest BCUT2D eigenvalue weighted by molar-refractivity contribution is -0.144. The first-order chi connectivity index (χ1) is 9.39. The number of carbonyl (C=O) groups is 2. The van der Waals surface area contributed by atoms with Gasteiger partial charge >= 0.3 is 12.1 Å². The van der Waals surface area contributed by atoms with Crippen LogP contribution in [0.25, 0.3) is 0 Å². The van der Waals surface area contributed by atoms with Crippen LogP contribution in [0.4, 0.5) is 4.79 Å². The van der Waals surface area contributed by atoms with Gasteiger partial charge in [0.15, 0.2) is 5.75 Å². The number of carbonyl (C=O) groups excluding carboxylic acids is 2. The van der Waals surface area contributed by atoms with Gasteiger partial charge < -0.3 is 9.47 Å². The van der Waals surface area contributed by atoms with Gasteiger partial charge in [0.25, 0.3) is 10.0 Å². The summed E-state index contributed by atoms with van der Waals surface area (Å²) >= 11 is 0. The zero-order valence-corrected chi connectivity index (χ0v) is 13.9. The lowest BCUT2D eigenvalue weighted by Crippen LogP contribution is -2.43. The van der Waals surface area contributed by atoms with E-state index in [0.717, 1.165) is 0 Å². The Bertz CT molecular complexity index is 489. The van der Waals surface area contributed by atoms with Gasteiger partial charge in [-0.15, -0.1) is 6.58 Å². The van der Waals surface area contributed by atoms with Crippen LogP contribution >= 0.6 is 0 Å². The highest BCUT2D eigenvalue weighted by molar-refractivity contribution is 7.90. The number of esters is 1. The van der Waals surface area contributed by atoms with E-state index in [1.807, 2.05) is 0 Å². The van der Waals surface area contributed by atoms with Crippen molar-refractivity contribution in [2.75, 3.05) is 12.3 Å². The van der Waals surface area contributed by atoms with Gasteiger partial charge in [0, 0.05) is 0 Å². The first-order valence-corrected chi connectivity index (χ1v) is 8.03. The summed E-state index contributed by atoms with van der Waals surface area (Å²) in [5.41, 5.74) is -0.857. The first kappa shape index (κ1) is 19.4. The predicted octanol–water partition coefficient (Wildman–Crippen LogP) is 1.69. The lowest BCUT2D eigenvalue weighted by Gasteiger charge is -2.26. The molecule has 0 aliphatic carbocycles. The second kappa shape index (κ2) is 7.44. The van der Waals surface area contributed by atoms with E-state index in [-0.39, 0.29) is 6.54 Å². The zero-order valence-electron chi connectivity index (χ0n) is 13.1. The van der Waals surface area contributed by atoms with Crippen LogP contribution in [0.3, 0.4) is 0 Å².